The van der Waals surface area contributed by atoms with Gasteiger partial charge in [0.2, 0.25) is 0 Å². The third kappa shape index (κ3) is 3.42. The van der Waals surface area contributed by atoms with Crippen LogP contribution in [0.15, 0.2) is 36.7 Å². The molecule has 3 rings (SSSR count). The van der Waals surface area contributed by atoms with Crippen LogP contribution in [0.1, 0.15) is 54.2 Å². The van der Waals surface area contributed by atoms with Gasteiger partial charge in [-0.1, -0.05) is 6.07 Å². The van der Waals surface area contributed by atoms with E-state index in [4.69, 9.17) is 11.2 Å². The van der Waals surface area contributed by atoms with E-state index in [1.165, 1.54) is 0 Å². The van der Waals surface area contributed by atoms with E-state index < -0.39 is 12.1 Å². The molecule has 0 aliphatic heterocycles. The molecule has 26 heavy (non-hydrogen) atoms. The summed E-state index contributed by atoms with van der Waals surface area (Å²) in [6.07, 6.45) is 8.39. The standard InChI is InChI=1S/C20H20N4O2/c1-5-8-18(17-9-6-7-10-21-17)26-20(25)15-11-14(4)23-19-16(15)12-22-24(19)13(2)3/h1,6-7,9-13,18H,8H2,2-4H3. The Morgan fingerprint density at radius 3 is 2.85 bits per heavy atom. The van der Waals surface area contributed by atoms with E-state index in [0.29, 0.717) is 22.3 Å². The van der Waals surface area contributed by atoms with Crippen molar-refractivity contribution in [2.45, 2.75) is 39.3 Å². The van der Waals surface area contributed by atoms with Crippen LogP contribution in [0.25, 0.3) is 11.0 Å². The third-order valence-electron chi connectivity index (χ3n) is 3.97. The highest BCUT2D eigenvalue weighted by atomic mass is 16.5. The first-order valence-electron chi connectivity index (χ1n) is 8.41. The van der Waals surface area contributed by atoms with Crippen LogP contribution in [0.2, 0.25) is 0 Å². The molecule has 0 radical (unpaired) electrons. The zero-order valence-electron chi connectivity index (χ0n) is 15.0. The van der Waals surface area contributed by atoms with Gasteiger partial charge in [0.15, 0.2) is 11.8 Å². The number of hydrogen-bond acceptors (Lipinski definition) is 5. The van der Waals surface area contributed by atoms with Crippen LogP contribution >= 0.6 is 0 Å². The fraction of sp³-hybridized carbons (Fsp3) is 0.300. The van der Waals surface area contributed by atoms with Gasteiger partial charge < -0.3 is 4.74 Å². The van der Waals surface area contributed by atoms with Crippen LogP contribution in [0.4, 0.5) is 0 Å². The summed E-state index contributed by atoms with van der Waals surface area (Å²) in [6.45, 7) is 5.86. The third-order valence-corrected chi connectivity index (χ3v) is 3.97. The van der Waals surface area contributed by atoms with Crippen molar-refractivity contribution < 1.29 is 9.53 Å². The van der Waals surface area contributed by atoms with Crippen LogP contribution in [0, 0.1) is 19.3 Å². The van der Waals surface area contributed by atoms with Crippen molar-refractivity contribution in [1.29, 1.82) is 0 Å². The Kier molecular flexibility index (Phi) is 4.99. The van der Waals surface area contributed by atoms with E-state index in [0.717, 1.165) is 5.69 Å². The lowest BCUT2D eigenvalue weighted by Crippen LogP contribution is -2.13. The number of ether oxygens (including phenoxy) is 1. The Labute approximate surface area is 152 Å². The second kappa shape index (κ2) is 7.36. The molecule has 0 aliphatic carbocycles. The van der Waals surface area contributed by atoms with Gasteiger partial charge in [0.1, 0.15) is 0 Å². The van der Waals surface area contributed by atoms with Crippen molar-refractivity contribution in [2.75, 3.05) is 0 Å². The summed E-state index contributed by atoms with van der Waals surface area (Å²) in [5.41, 5.74) is 2.44. The molecule has 1 atom stereocenters. The van der Waals surface area contributed by atoms with Crippen LogP contribution in [-0.2, 0) is 4.74 Å². The molecule has 6 nitrogen and oxygen atoms in total. The first kappa shape index (κ1) is 17.6. The van der Waals surface area contributed by atoms with Crippen molar-refractivity contribution in [3.8, 4) is 12.3 Å². The molecule has 0 saturated heterocycles. The maximum Gasteiger partial charge on any atom is 0.339 e. The molecule has 3 heterocycles. The second-order valence-corrected chi connectivity index (χ2v) is 6.29. The number of aromatic nitrogens is 4. The second-order valence-electron chi connectivity index (χ2n) is 6.29. The first-order valence-corrected chi connectivity index (χ1v) is 8.41. The van der Waals surface area contributed by atoms with Gasteiger partial charge in [-0.05, 0) is 39.0 Å². The average Bonchev–Trinajstić information content (AvgIpc) is 3.05. The number of aryl methyl sites for hydroxylation is 1. The van der Waals surface area contributed by atoms with Crippen molar-refractivity contribution in [3.63, 3.8) is 0 Å². The molecule has 132 valence electrons. The molecule has 0 aliphatic rings. The van der Waals surface area contributed by atoms with Crippen molar-refractivity contribution in [1.82, 2.24) is 19.7 Å². The maximum atomic E-state index is 12.9. The summed E-state index contributed by atoms with van der Waals surface area (Å²) < 4.78 is 7.48. The number of carbonyl (C=O) groups is 1. The highest BCUT2D eigenvalue weighted by Crippen LogP contribution is 2.25. The molecule has 0 spiro atoms. The maximum absolute atomic E-state index is 12.9. The Balaban J connectivity index is 1.98. The highest BCUT2D eigenvalue weighted by molar-refractivity contribution is 6.02. The molecule has 0 saturated carbocycles. The van der Waals surface area contributed by atoms with Gasteiger partial charge in [-0.3, -0.25) is 4.98 Å². The summed E-state index contributed by atoms with van der Waals surface area (Å²) in [7, 11) is 0. The Morgan fingerprint density at radius 1 is 1.38 bits per heavy atom. The molecule has 0 fully saturated rings. The van der Waals surface area contributed by atoms with E-state index in [9.17, 15) is 4.79 Å². The summed E-state index contributed by atoms with van der Waals surface area (Å²) >= 11 is 0. The highest BCUT2D eigenvalue weighted by Gasteiger charge is 2.22. The van der Waals surface area contributed by atoms with E-state index >= 15 is 0 Å². The fourth-order valence-electron chi connectivity index (χ4n) is 2.76. The fourth-order valence-corrected chi connectivity index (χ4v) is 2.76. The van der Waals surface area contributed by atoms with E-state index in [2.05, 4.69) is 21.0 Å². The minimum Gasteiger partial charge on any atom is -0.451 e. The summed E-state index contributed by atoms with van der Waals surface area (Å²) in [5, 5.41) is 5.02. The Morgan fingerprint density at radius 2 is 2.19 bits per heavy atom. The quantitative estimate of drug-likeness (QED) is 0.520. The van der Waals surface area contributed by atoms with Gasteiger partial charge in [-0.2, -0.15) is 5.10 Å². The lowest BCUT2D eigenvalue weighted by atomic mass is 10.1. The van der Waals surface area contributed by atoms with Crippen LogP contribution in [0.3, 0.4) is 0 Å². The average molecular weight is 348 g/mol. The van der Waals surface area contributed by atoms with Crippen molar-refractivity contribution >= 4 is 17.0 Å². The van der Waals surface area contributed by atoms with Crippen molar-refractivity contribution in [2.24, 2.45) is 0 Å². The lowest BCUT2D eigenvalue weighted by molar-refractivity contribution is 0.0301. The molecular weight excluding hydrogens is 328 g/mol. The number of nitrogens with zero attached hydrogens (tertiary/aromatic N) is 4. The van der Waals surface area contributed by atoms with Gasteiger partial charge >= 0.3 is 5.97 Å². The predicted molar refractivity (Wildman–Crippen MR) is 98.5 cm³/mol. The normalized spacial score (nSPS) is 12.1. The molecule has 0 amide bonds. The molecule has 0 N–H and O–H groups in total. The summed E-state index contributed by atoms with van der Waals surface area (Å²) in [4.78, 5) is 21.6. The van der Waals surface area contributed by atoms with Crippen LogP contribution < -0.4 is 0 Å². The molecule has 6 heteroatoms. The minimum absolute atomic E-state index is 0.133. The van der Waals surface area contributed by atoms with Gasteiger partial charge in [0.05, 0.1) is 29.3 Å². The number of pyridine rings is 2. The Bertz CT molecular complexity index is 971. The number of rotatable bonds is 5. The van der Waals surface area contributed by atoms with Gasteiger partial charge in [0, 0.05) is 17.9 Å². The first-order chi connectivity index (χ1) is 12.5. The van der Waals surface area contributed by atoms with Gasteiger partial charge in [-0.15, -0.1) is 12.3 Å². The minimum atomic E-state index is -0.600. The number of fused-ring (bicyclic) bond motifs is 1. The van der Waals surface area contributed by atoms with Crippen LogP contribution in [0.5, 0.6) is 0 Å². The van der Waals surface area contributed by atoms with Gasteiger partial charge in [-0.25, -0.2) is 14.5 Å². The zero-order chi connectivity index (χ0) is 18.7. The van der Waals surface area contributed by atoms with Crippen LogP contribution in [-0.4, -0.2) is 25.7 Å². The number of terminal acetylenes is 1. The van der Waals surface area contributed by atoms with E-state index in [1.807, 2.05) is 26.8 Å². The largest absolute Gasteiger partial charge is 0.451 e. The zero-order valence-corrected chi connectivity index (χ0v) is 15.0. The molecule has 0 bridgehead atoms. The monoisotopic (exact) mass is 348 g/mol. The van der Waals surface area contributed by atoms with E-state index in [1.54, 1.807) is 35.3 Å². The topological polar surface area (TPSA) is 69.9 Å². The number of esters is 1. The summed E-state index contributed by atoms with van der Waals surface area (Å²) in [6, 6.07) is 7.27. The molecule has 1 unspecified atom stereocenters. The summed E-state index contributed by atoms with van der Waals surface area (Å²) in [5.74, 6) is 2.08. The SMILES string of the molecule is C#CCC(OC(=O)c1cc(C)nc2c1cnn2C(C)C)c1ccccn1. The predicted octanol–water partition coefficient (Wildman–Crippen LogP) is 3.64. The molecular formula is C20H20N4O2. The van der Waals surface area contributed by atoms with Crippen molar-refractivity contribution in [3.05, 3.63) is 53.6 Å². The Hall–Kier alpha value is -3.20. The lowest BCUT2D eigenvalue weighted by Gasteiger charge is -2.16. The number of hydrogen-bond donors (Lipinski definition) is 0. The van der Waals surface area contributed by atoms with E-state index in [-0.39, 0.29) is 12.5 Å². The smallest absolute Gasteiger partial charge is 0.339 e. The number of carbonyl (C=O) groups excluding carboxylic acids is 1. The molecule has 0 aromatic carbocycles. The van der Waals surface area contributed by atoms with Gasteiger partial charge in [0.25, 0.3) is 0 Å². The molecule has 3 aromatic heterocycles. The molecule has 3 aromatic rings.